The number of benzene rings is 3. The molecule has 5 nitrogen and oxygen atoms in total. The molecule has 0 amide bonds. The van der Waals surface area contributed by atoms with Crippen molar-refractivity contribution in [3.63, 3.8) is 0 Å². The highest BCUT2D eigenvalue weighted by atomic mass is 16.5. The summed E-state index contributed by atoms with van der Waals surface area (Å²) in [5.41, 5.74) is 1.82. The lowest BCUT2D eigenvalue weighted by atomic mass is 9.94. The summed E-state index contributed by atoms with van der Waals surface area (Å²) in [6.45, 7) is 1.95. The molecule has 1 N–H and O–H groups in total. The van der Waals surface area contributed by atoms with Gasteiger partial charge in [0.2, 0.25) is 0 Å². The van der Waals surface area contributed by atoms with Gasteiger partial charge in [-0.3, -0.25) is 0 Å². The number of phenols is 1. The van der Waals surface area contributed by atoms with Gasteiger partial charge in [0, 0.05) is 5.39 Å². The highest BCUT2D eigenvalue weighted by Gasteiger charge is 2.21. The minimum atomic E-state index is -0.570. The summed E-state index contributed by atoms with van der Waals surface area (Å²) in [5, 5.41) is 11.9. The second-order valence-electron chi connectivity index (χ2n) is 5.66. The van der Waals surface area contributed by atoms with E-state index in [1.54, 1.807) is 32.2 Å². The van der Waals surface area contributed by atoms with Gasteiger partial charge >= 0.3 is 5.97 Å². The van der Waals surface area contributed by atoms with Crippen LogP contribution in [-0.4, -0.2) is 31.9 Å². The van der Waals surface area contributed by atoms with Crippen molar-refractivity contribution in [1.29, 1.82) is 0 Å². The van der Waals surface area contributed by atoms with Gasteiger partial charge in [0.15, 0.2) is 11.5 Å². The summed E-state index contributed by atoms with van der Waals surface area (Å²) >= 11 is 0. The van der Waals surface area contributed by atoms with Crippen LogP contribution < -0.4 is 9.47 Å². The Balaban J connectivity index is 2.39. The maximum atomic E-state index is 12.3. The molecule has 0 saturated heterocycles. The van der Waals surface area contributed by atoms with Crippen LogP contribution in [0.3, 0.4) is 0 Å². The van der Waals surface area contributed by atoms with Crippen LogP contribution in [0.5, 0.6) is 17.2 Å². The summed E-state index contributed by atoms with van der Waals surface area (Å²) < 4.78 is 15.8. The van der Waals surface area contributed by atoms with E-state index in [9.17, 15) is 9.90 Å². The Hall–Kier alpha value is -3.21. The molecule has 3 aromatic carbocycles. The number of carbonyl (C=O) groups is 1. The van der Waals surface area contributed by atoms with E-state index < -0.39 is 5.97 Å². The normalized spacial score (nSPS) is 10.6. The van der Waals surface area contributed by atoms with Gasteiger partial charge in [0.25, 0.3) is 0 Å². The summed E-state index contributed by atoms with van der Waals surface area (Å²) in [7, 11) is 3.08. The quantitative estimate of drug-likeness (QED) is 0.689. The van der Waals surface area contributed by atoms with Crippen molar-refractivity contribution in [2.45, 2.75) is 6.92 Å². The first-order chi connectivity index (χ1) is 12.6. The van der Waals surface area contributed by atoms with Gasteiger partial charge in [-0.05, 0) is 41.6 Å². The molecular weight excluding hydrogens is 332 g/mol. The zero-order valence-corrected chi connectivity index (χ0v) is 14.9. The third kappa shape index (κ3) is 3.04. The lowest BCUT2D eigenvalue weighted by Gasteiger charge is -2.16. The van der Waals surface area contributed by atoms with Gasteiger partial charge < -0.3 is 19.3 Å². The van der Waals surface area contributed by atoms with Crippen molar-refractivity contribution in [3.05, 3.63) is 54.1 Å². The van der Waals surface area contributed by atoms with Crippen molar-refractivity contribution in [2.24, 2.45) is 0 Å². The third-order valence-corrected chi connectivity index (χ3v) is 4.19. The van der Waals surface area contributed by atoms with Gasteiger partial charge in [0.1, 0.15) is 11.3 Å². The highest BCUT2D eigenvalue weighted by molar-refractivity contribution is 6.08. The van der Waals surface area contributed by atoms with Gasteiger partial charge in [0.05, 0.1) is 20.8 Å². The average Bonchev–Trinajstić information content (AvgIpc) is 2.68. The first-order valence-electron chi connectivity index (χ1n) is 8.25. The molecule has 0 heterocycles. The Kier molecular flexibility index (Phi) is 4.98. The fourth-order valence-corrected chi connectivity index (χ4v) is 2.95. The van der Waals surface area contributed by atoms with Crippen LogP contribution in [-0.2, 0) is 4.74 Å². The standard InChI is InChI=1S/C21H20O5/c1-4-26-21(23)17-10-14(13-8-6-5-7-9-13)15-11-18(24-2)19(25-3)12-16(15)20(17)22/h5-12,22H,4H2,1-3H3. The minimum Gasteiger partial charge on any atom is -0.506 e. The van der Waals surface area contributed by atoms with Crippen molar-refractivity contribution in [3.8, 4) is 28.4 Å². The number of fused-ring (bicyclic) bond motifs is 1. The largest absolute Gasteiger partial charge is 0.506 e. The topological polar surface area (TPSA) is 65.0 Å². The number of methoxy groups -OCH3 is 2. The molecule has 0 aliphatic carbocycles. The van der Waals surface area contributed by atoms with E-state index in [-0.39, 0.29) is 17.9 Å². The van der Waals surface area contributed by atoms with Crippen LogP contribution in [0, 0.1) is 0 Å². The number of ether oxygens (including phenoxy) is 3. The molecule has 0 spiro atoms. The first kappa shape index (κ1) is 17.6. The predicted molar refractivity (Wildman–Crippen MR) is 100 cm³/mol. The number of rotatable bonds is 5. The average molecular weight is 352 g/mol. The number of hydrogen-bond donors (Lipinski definition) is 1. The van der Waals surface area contributed by atoms with E-state index in [2.05, 4.69) is 0 Å². The van der Waals surface area contributed by atoms with Crippen molar-refractivity contribution in [2.75, 3.05) is 20.8 Å². The molecule has 3 aromatic rings. The maximum Gasteiger partial charge on any atom is 0.341 e. The molecule has 0 atom stereocenters. The number of aromatic hydroxyl groups is 1. The number of phenolic OH excluding ortho intramolecular Hbond substituents is 1. The van der Waals surface area contributed by atoms with Crippen LogP contribution in [0.1, 0.15) is 17.3 Å². The molecule has 0 aliphatic heterocycles. The summed E-state index contributed by atoms with van der Waals surface area (Å²) in [4.78, 5) is 12.3. The van der Waals surface area contributed by atoms with Gasteiger partial charge in [-0.1, -0.05) is 30.3 Å². The zero-order valence-electron chi connectivity index (χ0n) is 14.9. The Morgan fingerprint density at radius 2 is 1.58 bits per heavy atom. The molecule has 0 aliphatic rings. The smallest absolute Gasteiger partial charge is 0.341 e. The van der Waals surface area contributed by atoms with Crippen LogP contribution in [0.2, 0.25) is 0 Å². The van der Waals surface area contributed by atoms with E-state index in [1.807, 2.05) is 30.3 Å². The molecule has 0 unspecified atom stereocenters. The Morgan fingerprint density at radius 3 is 2.15 bits per heavy atom. The third-order valence-electron chi connectivity index (χ3n) is 4.19. The van der Waals surface area contributed by atoms with Crippen LogP contribution >= 0.6 is 0 Å². The van der Waals surface area contributed by atoms with Gasteiger partial charge in [-0.15, -0.1) is 0 Å². The second-order valence-corrected chi connectivity index (χ2v) is 5.66. The van der Waals surface area contributed by atoms with E-state index >= 15 is 0 Å². The van der Waals surface area contributed by atoms with E-state index in [1.165, 1.54) is 7.11 Å². The van der Waals surface area contributed by atoms with Gasteiger partial charge in [-0.2, -0.15) is 0 Å². The van der Waals surface area contributed by atoms with Crippen LogP contribution in [0.25, 0.3) is 21.9 Å². The summed E-state index contributed by atoms with van der Waals surface area (Å²) in [5.74, 6) is 0.300. The molecule has 5 heteroatoms. The van der Waals surface area contributed by atoms with Gasteiger partial charge in [-0.25, -0.2) is 4.79 Å². The van der Waals surface area contributed by atoms with Crippen LogP contribution in [0.15, 0.2) is 48.5 Å². The fraction of sp³-hybridized carbons (Fsp3) is 0.190. The molecule has 0 bridgehead atoms. The molecule has 0 fully saturated rings. The number of esters is 1. The molecule has 0 saturated carbocycles. The van der Waals surface area contributed by atoms with Crippen LogP contribution in [0.4, 0.5) is 0 Å². The Morgan fingerprint density at radius 1 is 0.962 bits per heavy atom. The monoisotopic (exact) mass is 352 g/mol. The minimum absolute atomic E-state index is 0.116. The molecular formula is C21H20O5. The van der Waals surface area contributed by atoms with E-state index in [4.69, 9.17) is 14.2 Å². The van der Waals surface area contributed by atoms with Crippen molar-refractivity contribution in [1.82, 2.24) is 0 Å². The lowest BCUT2D eigenvalue weighted by molar-refractivity contribution is 0.0523. The van der Waals surface area contributed by atoms with Crippen molar-refractivity contribution < 1.29 is 24.1 Å². The zero-order chi connectivity index (χ0) is 18.7. The fourth-order valence-electron chi connectivity index (χ4n) is 2.95. The maximum absolute atomic E-state index is 12.3. The van der Waals surface area contributed by atoms with E-state index in [0.29, 0.717) is 16.9 Å². The molecule has 3 rings (SSSR count). The SMILES string of the molecule is CCOC(=O)c1cc(-c2ccccc2)c2cc(OC)c(OC)cc2c1O. The summed E-state index contributed by atoms with van der Waals surface area (Å²) in [6, 6.07) is 14.7. The van der Waals surface area contributed by atoms with Crippen molar-refractivity contribution >= 4 is 16.7 Å². The number of hydrogen-bond acceptors (Lipinski definition) is 5. The Bertz CT molecular complexity index is 948. The summed E-state index contributed by atoms with van der Waals surface area (Å²) in [6.07, 6.45) is 0. The molecule has 0 aromatic heterocycles. The molecule has 0 radical (unpaired) electrons. The highest BCUT2D eigenvalue weighted by Crippen LogP contribution is 2.42. The molecule has 26 heavy (non-hydrogen) atoms. The first-order valence-corrected chi connectivity index (χ1v) is 8.25. The number of carbonyl (C=O) groups excluding carboxylic acids is 1. The molecule has 134 valence electrons. The second kappa shape index (κ2) is 7.35. The lowest BCUT2D eigenvalue weighted by Crippen LogP contribution is -2.06. The Labute approximate surface area is 151 Å². The predicted octanol–water partition coefficient (Wildman–Crippen LogP) is 4.41. The van der Waals surface area contributed by atoms with E-state index in [0.717, 1.165) is 16.5 Å².